The van der Waals surface area contributed by atoms with Gasteiger partial charge in [0.05, 0.1) is 5.69 Å². The highest BCUT2D eigenvalue weighted by Gasteiger charge is 2.20. The van der Waals surface area contributed by atoms with E-state index < -0.39 is 0 Å². The Morgan fingerprint density at radius 1 is 0.293 bits per heavy atom. The summed E-state index contributed by atoms with van der Waals surface area (Å²) in [5.41, 5.74) is 14.4. The van der Waals surface area contributed by atoms with Crippen molar-refractivity contribution >= 4 is 60.5 Å². The Morgan fingerprint density at radius 2 is 0.828 bits per heavy atom. The molecule has 1 heterocycles. The van der Waals surface area contributed by atoms with Gasteiger partial charge in [-0.05, 0) is 97.4 Å². The van der Waals surface area contributed by atoms with Crippen LogP contribution in [-0.2, 0) is 0 Å². The third kappa shape index (κ3) is 5.82. The van der Waals surface area contributed by atoms with E-state index in [9.17, 15) is 0 Å². The van der Waals surface area contributed by atoms with Gasteiger partial charge in [0, 0.05) is 33.3 Å². The van der Waals surface area contributed by atoms with Gasteiger partial charge in [0.25, 0.3) is 0 Å². The highest BCUT2D eigenvalue weighted by Crippen LogP contribution is 2.45. The fraction of sp³-hybridized carbons (Fsp3) is 0. The van der Waals surface area contributed by atoms with Crippen LogP contribution in [0.1, 0.15) is 0 Å². The molecule has 11 aromatic rings. The molecule has 11 rings (SSSR count). The monoisotopic (exact) mass is 739 g/mol. The van der Waals surface area contributed by atoms with Gasteiger partial charge in [-0.2, -0.15) is 0 Å². The molecule has 0 unspecified atom stereocenters. The lowest BCUT2D eigenvalue weighted by Gasteiger charge is -2.29. The van der Waals surface area contributed by atoms with Crippen molar-refractivity contribution in [3.8, 4) is 44.5 Å². The maximum Gasteiger partial charge on any atom is 0.143 e. The molecule has 2 heteroatoms. The number of rotatable bonds is 7. The molecule has 0 radical (unpaired) electrons. The summed E-state index contributed by atoms with van der Waals surface area (Å²) < 4.78 is 6.46. The van der Waals surface area contributed by atoms with Crippen LogP contribution in [0, 0.1) is 0 Å². The second-order valence-electron chi connectivity index (χ2n) is 14.9. The molecule has 0 aliphatic carbocycles. The third-order valence-electron chi connectivity index (χ3n) is 11.5. The van der Waals surface area contributed by atoms with Crippen molar-refractivity contribution in [1.29, 1.82) is 0 Å². The first-order valence-corrected chi connectivity index (χ1v) is 19.8. The molecule has 0 N–H and O–H groups in total. The van der Waals surface area contributed by atoms with Crippen LogP contribution in [-0.4, -0.2) is 0 Å². The smallest absolute Gasteiger partial charge is 0.143 e. The van der Waals surface area contributed by atoms with Crippen LogP contribution in [0.25, 0.3) is 88.0 Å². The van der Waals surface area contributed by atoms with Gasteiger partial charge < -0.3 is 9.32 Å². The Bertz CT molecular complexity index is 3290. The molecular formula is C56H37NO. The van der Waals surface area contributed by atoms with Crippen LogP contribution >= 0.6 is 0 Å². The predicted octanol–water partition coefficient (Wildman–Crippen LogP) is 16.0. The Labute approximate surface area is 337 Å². The third-order valence-corrected chi connectivity index (χ3v) is 11.5. The van der Waals surface area contributed by atoms with Crippen molar-refractivity contribution in [2.75, 3.05) is 4.90 Å². The number of anilines is 3. The van der Waals surface area contributed by atoms with E-state index in [0.29, 0.717) is 0 Å². The Morgan fingerprint density at radius 3 is 1.64 bits per heavy atom. The number of furan rings is 1. The minimum atomic E-state index is 0.903. The molecule has 58 heavy (non-hydrogen) atoms. The Hall–Kier alpha value is -7.68. The fourth-order valence-electron chi connectivity index (χ4n) is 8.72. The number of nitrogens with zero attached hydrogens (tertiary/aromatic N) is 1. The molecule has 0 aliphatic heterocycles. The highest BCUT2D eigenvalue weighted by atomic mass is 16.3. The zero-order chi connectivity index (χ0) is 38.4. The number of hydrogen-bond acceptors (Lipinski definition) is 2. The van der Waals surface area contributed by atoms with E-state index >= 15 is 0 Å². The van der Waals surface area contributed by atoms with E-state index in [-0.39, 0.29) is 0 Å². The minimum absolute atomic E-state index is 0.903. The minimum Gasteiger partial charge on any atom is -0.455 e. The molecule has 0 saturated heterocycles. The van der Waals surface area contributed by atoms with Gasteiger partial charge >= 0.3 is 0 Å². The van der Waals surface area contributed by atoms with Gasteiger partial charge in [0.15, 0.2) is 0 Å². The molecule has 0 aliphatic rings. The van der Waals surface area contributed by atoms with Crippen LogP contribution in [0.3, 0.4) is 0 Å². The Balaban J connectivity index is 1.06. The summed E-state index contributed by atoms with van der Waals surface area (Å²) >= 11 is 0. The average molecular weight is 740 g/mol. The zero-order valence-electron chi connectivity index (χ0n) is 31.7. The van der Waals surface area contributed by atoms with Crippen molar-refractivity contribution < 1.29 is 4.42 Å². The van der Waals surface area contributed by atoms with Crippen molar-refractivity contribution in [3.63, 3.8) is 0 Å². The first-order valence-electron chi connectivity index (χ1n) is 19.8. The first kappa shape index (κ1) is 33.6. The van der Waals surface area contributed by atoms with E-state index in [1.165, 1.54) is 49.4 Å². The maximum atomic E-state index is 6.46. The van der Waals surface area contributed by atoms with Crippen LogP contribution in [0.2, 0.25) is 0 Å². The lowest BCUT2D eigenvalue weighted by Crippen LogP contribution is -2.11. The zero-order valence-corrected chi connectivity index (χ0v) is 31.7. The number of hydrogen-bond donors (Lipinski definition) is 0. The van der Waals surface area contributed by atoms with Gasteiger partial charge in [-0.3, -0.25) is 0 Å². The van der Waals surface area contributed by atoms with E-state index in [4.69, 9.17) is 4.42 Å². The molecule has 0 spiro atoms. The summed E-state index contributed by atoms with van der Waals surface area (Å²) in [4.78, 5) is 2.40. The van der Waals surface area contributed by atoms with Gasteiger partial charge in [-0.1, -0.05) is 182 Å². The van der Waals surface area contributed by atoms with E-state index in [1.54, 1.807) is 0 Å². The van der Waals surface area contributed by atoms with Gasteiger partial charge in [0.1, 0.15) is 11.2 Å². The molecule has 0 atom stereocenters. The topological polar surface area (TPSA) is 16.4 Å². The van der Waals surface area contributed by atoms with Crippen molar-refractivity contribution in [1.82, 2.24) is 0 Å². The number of benzene rings is 10. The van der Waals surface area contributed by atoms with Crippen LogP contribution in [0.5, 0.6) is 0 Å². The van der Waals surface area contributed by atoms with Gasteiger partial charge in [-0.25, -0.2) is 0 Å². The van der Waals surface area contributed by atoms with Crippen molar-refractivity contribution in [2.45, 2.75) is 0 Å². The molecule has 0 amide bonds. The SMILES string of the molecule is c1cc(-c2cccc(N(c3ccc(-c4cccc5c4oc4ccccc45)cc3)c3ccccc3-c3cccc4ccccc34)c2)cc(-c2cccc3ccccc23)c1. The Kier molecular flexibility index (Phi) is 8.19. The van der Waals surface area contributed by atoms with Crippen molar-refractivity contribution in [2.24, 2.45) is 0 Å². The van der Waals surface area contributed by atoms with Crippen LogP contribution in [0.4, 0.5) is 17.1 Å². The summed E-state index contributed by atoms with van der Waals surface area (Å²) in [6.07, 6.45) is 0. The van der Waals surface area contributed by atoms with E-state index in [2.05, 4.69) is 217 Å². The summed E-state index contributed by atoms with van der Waals surface area (Å²) in [6, 6.07) is 80.7. The van der Waals surface area contributed by atoms with Crippen LogP contribution < -0.4 is 4.90 Å². The highest BCUT2D eigenvalue weighted by molar-refractivity contribution is 6.09. The quantitative estimate of drug-likeness (QED) is 0.162. The molecular weight excluding hydrogens is 703 g/mol. The standard InChI is InChI=1S/C56H37NO/c1-3-22-46-38(14-1)16-11-26-48(46)43-20-9-18-41(36-43)42-19-10-21-45(37-42)57(54-30-7-5-24-51(54)50-28-12-17-39-15-2-4-23-47(39)50)44-34-32-40(33-35-44)49-27-13-29-53-52-25-6-8-31-55(52)58-56(49)53/h1-37H. The normalized spacial score (nSPS) is 11.4. The predicted molar refractivity (Wildman–Crippen MR) is 245 cm³/mol. The second-order valence-corrected chi connectivity index (χ2v) is 14.9. The average Bonchev–Trinajstić information content (AvgIpc) is 3.69. The van der Waals surface area contributed by atoms with Gasteiger partial charge in [-0.15, -0.1) is 0 Å². The number of fused-ring (bicyclic) bond motifs is 5. The maximum absolute atomic E-state index is 6.46. The summed E-state index contributed by atoms with van der Waals surface area (Å²) in [5, 5.41) is 7.21. The van der Waals surface area contributed by atoms with Gasteiger partial charge in [0.2, 0.25) is 0 Å². The van der Waals surface area contributed by atoms with E-state index in [0.717, 1.165) is 55.7 Å². The molecule has 2 nitrogen and oxygen atoms in total. The largest absolute Gasteiger partial charge is 0.455 e. The molecule has 10 aromatic carbocycles. The molecule has 0 fully saturated rings. The summed E-state index contributed by atoms with van der Waals surface area (Å²) in [7, 11) is 0. The van der Waals surface area contributed by atoms with E-state index in [1.807, 2.05) is 12.1 Å². The molecule has 272 valence electrons. The lowest BCUT2D eigenvalue weighted by molar-refractivity contribution is 0.670. The molecule has 0 saturated carbocycles. The van der Waals surface area contributed by atoms with Crippen LogP contribution in [0.15, 0.2) is 229 Å². The first-order chi connectivity index (χ1) is 28.8. The summed E-state index contributed by atoms with van der Waals surface area (Å²) in [5.74, 6) is 0. The molecule has 0 bridgehead atoms. The summed E-state index contributed by atoms with van der Waals surface area (Å²) in [6.45, 7) is 0. The number of para-hydroxylation sites is 3. The second kappa shape index (κ2) is 14.1. The molecule has 1 aromatic heterocycles. The fourth-order valence-corrected chi connectivity index (χ4v) is 8.72. The lowest BCUT2D eigenvalue weighted by atomic mass is 9.94. The van der Waals surface area contributed by atoms with Crippen molar-refractivity contribution in [3.05, 3.63) is 224 Å².